The van der Waals surface area contributed by atoms with Crippen LogP contribution in [0.15, 0.2) is 78.9 Å². The van der Waals surface area contributed by atoms with Crippen molar-refractivity contribution >= 4 is 33.1 Å². The molecule has 5 rings (SSSR count). The number of rotatable bonds is 6. The number of carbonyl (C=O) groups is 2. The minimum Gasteiger partial charge on any atom is -0.325 e. The van der Waals surface area contributed by atoms with E-state index >= 15 is 0 Å². The first-order valence-corrected chi connectivity index (χ1v) is 14.3. The maximum atomic E-state index is 13.0. The smallest absolute Gasteiger partial charge is 0.241 e. The second-order valence-corrected chi connectivity index (χ2v) is 11.9. The van der Waals surface area contributed by atoms with Gasteiger partial charge in [0.15, 0.2) is 5.78 Å². The molecule has 1 spiro atoms. The lowest BCUT2D eigenvalue weighted by atomic mass is 9.74. The summed E-state index contributed by atoms with van der Waals surface area (Å²) in [6.45, 7) is 3.75. The third-order valence-electron chi connectivity index (χ3n) is 7.72. The van der Waals surface area contributed by atoms with Gasteiger partial charge in [-0.15, -0.1) is 0 Å². The topological polar surface area (TPSA) is 86.8 Å². The Bertz CT molecular complexity index is 1410. The van der Waals surface area contributed by atoms with Gasteiger partial charge in [-0.05, 0) is 68.8 Å². The molecule has 37 heavy (non-hydrogen) atoms. The average molecular weight is 518 g/mol. The van der Waals surface area contributed by atoms with Crippen LogP contribution in [0.4, 0.5) is 11.4 Å². The Morgan fingerprint density at radius 2 is 1.46 bits per heavy atom. The summed E-state index contributed by atoms with van der Waals surface area (Å²) in [6.07, 6.45) is 2.82. The fraction of sp³-hybridized carbons (Fsp3) is 0.310. The van der Waals surface area contributed by atoms with Gasteiger partial charge in [0.1, 0.15) is 0 Å². The minimum absolute atomic E-state index is 0.0583. The maximum Gasteiger partial charge on any atom is 0.241 e. The predicted molar refractivity (Wildman–Crippen MR) is 146 cm³/mol. The molecular weight excluding hydrogens is 486 g/mol. The van der Waals surface area contributed by atoms with Crippen molar-refractivity contribution < 1.29 is 18.0 Å². The summed E-state index contributed by atoms with van der Waals surface area (Å²) in [7, 11) is -3.36. The SMILES string of the molecule is CC(C(=O)Nc1ccc(C(=O)c2ccccc2)cc1)N1CCC2(CC1)CN(S(C)(=O)=O)c1ccccc12. The van der Waals surface area contributed by atoms with E-state index in [1.54, 1.807) is 36.4 Å². The average Bonchev–Trinajstić information content (AvgIpc) is 3.24. The van der Waals surface area contributed by atoms with Gasteiger partial charge < -0.3 is 5.32 Å². The van der Waals surface area contributed by atoms with Crippen LogP contribution in [0.5, 0.6) is 0 Å². The van der Waals surface area contributed by atoms with E-state index in [4.69, 9.17) is 0 Å². The second kappa shape index (κ2) is 9.76. The second-order valence-electron chi connectivity index (χ2n) is 10.0. The molecule has 8 heteroatoms. The molecule has 0 saturated carbocycles. The Morgan fingerprint density at radius 1 is 0.865 bits per heavy atom. The first-order chi connectivity index (χ1) is 17.7. The van der Waals surface area contributed by atoms with Gasteiger partial charge in [0.25, 0.3) is 0 Å². The van der Waals surface area contributed by atoms with Gasteiger partial charge in [0, 0.05) is 28.8 Å². The van der Waals surface area contributed by atoms with Gasteiger partial charge in [-0.3, -0.25) is 18.8 Å². The molecule has 0 aromatic heterocycles. The normalized spacial score (nSPS) is 17.8. The van der Waals surface area contributed by atoms with Gasteiger partial charge in [-0.1, -0.05) is 48.5 Å². The lowest BCUT2D eigenvalue weighted by molar-refractivity contribution is -0.121. The molecule has 0 radical (unpaired) electrons. The molecule has 1 fully saturated rings. The lowest BCUT2D eigenvalue weighted by Gasteiger charge is -2.41. The highest BCUT2D eigenvalue weighted by Gasteiger charge is 2.47. The molecular formula is C29H31N3O4S. The number of hydrogen-bond donors (Lipinski definition) is 1. The fourth-order valence-corrected chi connectivity index (χ4v) is 6.52. The van der Waals surface area contributed by atoms with E-state index in [1.165, 1.54) is 10.6 Å². The third kappa shape index (κ3) is 4.91. The Balaban J connectivity index is 1.22. The number of sulfonamides is 1. The molecule has 7 nitrogen and oxygen atoms in total. The van der Waals surface area contributed by atoms with E-state index in [9.17, 15) is 18.0 Å². The van der Waals surface area contributed by atoms with Crippen LogP contribution < -0.4 is 9.62 Å². The summed E-state index contributed by atoms with van der Waals surface area (Å²) < 4.78 is 26.4. The Morgan fingerprint density at radius 3 is 2.11 bits per heavy atom. The summed E-state index contributed by atoms with van der Waals surface area (Å²) in [5.74, 6) is -0.167. The van der Waals surface area contributed by atoms with Gasteiger partial charge >= 0.3 is 0 Å². The first-order valence-electron chi connectivity index (χ1n) is 12.5. The van der Waals surface area contributed by atoms with E-state index in [-0.39, 0.29) is 23.1 Å². The van der Waals surface area contributed by atoms with Gasteiger partial charge in [-0.25, -0.2) is 8.42 Å². The van der Waals surface area contributed by atoms with Gasteiger partial charge in [0.2, 0.25) is 15.9 Å². The first kappa shape index (κ1) is 25.2. The van der Waals surface area contributed by atoms with E-state index in [1.807, 2.05) is 49.4 Å². The van der Waals surface area contributed by atoms with Crippen LogP contribution in [0.3, 0.4) is 0 Å². The number of ketones is 1. The zero-order chi connectivity index (χ0) is 26.2. The molecule has 1 N–H and O–H groups in total. The molecule has 2 aliphatic heterocycles. The number of amides is 1. The van der Waals surface area contributed by atoms with Crippen LogP contribution in [0, 0.1) is 0 Å². The van der Waals surface area contributed by atoms with Crippen LogP contribution in [0.2, 0.25) is 0 Å². The third-order valence-corrected chi connectivity index (χ3v) is 8.85. The summed E-state index contributed by atoms with van der Waals surface area (Å²) >= 11 is 0. The van der Waals surface area contributed by atoms with Crippen molar-refractivity contribution in [2.24, 2.45) is 0 Å². The molecule has 2 heterocycles. The van der Waals surface area contributed by atoms with Crippen LogP contribution in [0.25, 0.3) is 0 Å². The number of hydrogen-bond acceptors (Lipinski definition) is 5. The molecule has 1 unspecified atom stereocenters. The standard InChI is InChI=1S/C29H31N3O4S/c1-21(28(34)30-24-14-12-23(13-15-24)27(33)22-8-4-3-5-9-22)31-18-16-29(17-19-31)20-32(37(2,35)36)26-11-7-6-10-25(26)29/h3-15,21H,16-20H2,1-2H3,(H,30,34). The molecule has 0 bridgehead atoms. The highest BCUT2D eigenvalue weighted by atomic mass is 32.2. The number of piperidine rings is 1. The fourth-order valence-electron chi connectivity index (χ4n) is 5.52. The number of carbonyl (C=O) groups excluding carboxylic acids is 2. The predicted octanol–water partition coefficient (Wildman–Crippen LogP) is 4.06. The summed E-state index contributed by atoms with van der Waals surface area (Å²) in [4.78, 5) is 27.8. The molecule has 192 valence electrons. The van der Waals surface area contributed by atoms with Crippen molar-refractivity contribution in [1.29, 1.82) is 0 Å². The van der Waals surface area contributed by atoms with Gasteiger partial charge in [-0.2, -0.15) is 0 Å². The van der Waals surface area contributed by atoms with Crippen molar-refractivity contribution in [3.63, 3.8) is 0 Å². The molecule has 1 atom stereocenters. The number of nitrogens with zero attached hydrogens (tertiary/aromatic N) is 2. The molecule has 0 aliphatic carbocycles. The van der Waals surface area contributed by atoms with E-state index in [0.29, 0.717) is 36.4 Å². The number of nitrogens with one attached hydrogen (secondary N) is 1. The Labute approximate surface area is 218 Å². The van der Waals surface area contributed by atoms with Crippen molar-refractivity contribution in [3.05, 3.63) is 95.6 Å². The molecule has 2 aliphatic rings. The number of para-hydroxylation sites is 1. The number of anilines is 2. The number of fused-ring (bicyclic) bond motifs is 2. The monoisotopic (exact) mass is 517 g/mol. The maximum absolute atomic E-state index is 13.0. The zero-order valence-electron chi connectivity index (χ0n) is 21.1. The van der Waals surface area contributed by atoms with Crippen molar-refractivity contribution in [2.75, 3.05) is 35.5 Å². The van der Waals surface area contributed by atoms with Crippen LogP contribution >= 0.6 is 0 Å². The largest absolute Gasteiger partial charge is 0.325 e. The van der Waals surface area contributed by atoms with Gasteiger partial charge in [0.05, 0.1) is 18.0 Å². The molecule has 1 amide bonds. The van der Waals surface area contributed by atoms with E-state index in [2.05, 4.69) is 10.2 Å². The summed E-state index contributed by atoms with van der Waals surface area (Å²) in [5.41, 5.74) is 3.47. The van der Waals surface area contributed by atoms with Crippen LogP contribution in [0.1, 0.15) is 41.3 Å². The van der Waals surface area contributed by atoms with Crippen molar-refractivity contribution in [1.82, 2.24) is 4.90 Å². The molecule has 3 aromatic rings. The summed E-state index contributed by atoms with van der Waals surface area (Å²) in [6, 6.07) is 23.5. The highest BCUT2D eigenvalue weighted by molar-refractivity contribution is 7.92. The highest BCUT2D eigenvalue weighted by Crippen LogP contribution is 2.48. The lowest BCUT2D eigenvalue weighted by Crippen LogP contribution is -2.51. The number of benzene rings is 3. The Kier molecular flexibility index (Phi) is 6.64. The van der Waals surface area contributed by atoms with E-state index < -0.39 is 10.0 Å². The zero-order valence-corrected chi connectivity index (χ0v) is 21.9. The minimum atomic E-state index is -3.36. The number of likely N-dealkylation sites (tertiary alicyclic amines) is 1. The molecule has 1 saturated heterocycles. The van der Waals surface area contributed by atoms with Crippen LogP contribution in [-0.4, -0.2) is 56.9 Å². The van der Waals surface area contributed by atoms with Crippen molar-refractivity contribution in [2.45, 2.75) is 31.2 Å². The quantitative estimate of drug-likeness (QED) is 0.499. The van der Waals surface area contributed by atoms with Crippen molar-refractivity contribution in [3.8, 4) is 0 Å². The van der Waals surface area contributed by atoms with Crippen LogP contribution in [-0.2, 0) is 20.2 Å². The molecule has 3 aromatic carbocycles. The van der Waals surface area contributed by atoms with E-state index in [0.717, 1.165) is 24.1 Å². The Hall–Kier alpha value is -3.49. The summed E-state index contributed by atoms with van der Waals surface area (Å²) in [5, 5.41) is 2.97.